The molecule has 0 amide bonds. The maximum atomic E-state index is 9.66. The molecule has 20 heavy (non-hydrogen) atoms. The monoisotopic (exact) mass is 338 g/mol. The van der Waals surface area contributed by atoms with Crippen LogP contribution in [0.5, 0.6) is 0 Å². The first kappa shape index (κ1) is 14.4. The topological polar surface area (TPSA) is 26.7 Å². The van der Waals surface area contributed by atoms with Crippen molar-refractivity contribution in [1.82, 2.24) is 4.90 Å². The Labute approximate surface area is 129 Å². The molecule has 1 aromatic rings. The molecule has 0 spiro atoms. The lowest BCUT2D eigenvalue weighted by molar-refractivity contribution is 0.133. The van der Waals surface area contributed by atoms with Gasteiger partial charge in [0.15, 0.2) is 0 Å². The predicted molar refractivity (Wildman–Crippen MR) is 86.2 cm³/mol. The van der Waals surface area contributed by atoms with Gasteiger partial charge in [0.2, 0.25) is 0 Å². The number of hydrogen-bond acceptors (Lipinski definition) is 3. The van der Waals surface area contributed by atoms with E-state index in [2.05, 4.69) is 31.8 Å². The SMILES string of the molecule is C[C@H](O)c1ccc(N2CCN3CCCCC3C2)c(Br)c1. The van der Waals surface area contributed by atoms with Crippen molar-refractivity contribution in [3.63, 3.8) is 0 Å². The molecule has 2 aliphatic rings. The van der Waals surface area contributed by atoms with Gasteiger partial charge in [-0.25, -0.2) is 0 Å². The van der Waals surface area contributed by atoms with Crippen molar-refractivity contribution >= 4 is 21.6 Å². The van der Waals surface area contributed by atoms with Gasteiger partial charge in [-0.1, -0.05) is 12.5 Å². The van der Waals surface area contributed by atoms with Gasteiger partial charge in [-0.15, -0.1) is 0 Å². The number of halogens is 1. The van der Waals surface area contributed by atoms with Crippen molar-refractivity contribution in [2.24, 2.45) is 0 Å². The Hall–Kier alpha value is -0.580. The molecule has 0 bridgehead atoms. The van der Waals surface area contributed by atoms with E-state index >= 15 is 0 Å². The first-order valence-corrected chi connectivity index (χ1v) is 8.41. The number of rotatable bonds is 2. The quantitative estimate of drug-likeness (QED) is 0.897. The van der Waals surface area contributed by atoms with E-state index in [9.17, 15) is 5.11 Å². The van der Waals surface area contributed by atoms with Crippen LogP contribution in [0.15, 0.2) is 22.7 Å². The number of benzene rings is 1. The molecule has 3 rings (SSSR count). The van der Waals surface area contributed by atoms with Gasteiger partial charge in [0.05, 0.1) is 11.8 Å². The number of piperidine rings is 1. The van der Waals surface area contributed by atoms with E-state index in [0.29, 0.717) is 0 Å². The summed E-state index contributed by atoms with van der Waals surface area (Å²) < 4.78 is 1.10. The highest BCUT2D eigenvalue weighted by molar-refractivity contribution is 9.10. The molecule has 2 fully saturated rings. The second-order valence-corrected chi connectivity index (χ2v) is 6.87. The minimum atomic E-state index is -0.407. The average molecular weight is 339 g/mol. The molecule has 110 valence electrons. The first-order valence-electron chi connectivity index (χ1n) is 7.61. The van der Waals surface area contributed by atoms with Crippen molar-refractivity contribution in [1.29, 1.82) is 0 Å². The molecule has 0 saturated carbocycles. The summed E-state index contributed by atoms with van der Waals surface area (Å²) >= 11 is 3.67. The van der Waals surface area contributed by atoms with Gasteiger partial charge in [0.25, 0.3) is 0 Å². The summed E-state index contributed by atoms with van der Waals surface area (Å²) in [6.45, 7) is 6.49. The molecular weight excluding hydrogens is 316 g/mol. The van der Waals surface area contributed by atoms with Crippen molar-refractivity contribution in [2.75, 3.05) is 31.1 Å². The van der Waals surface area contributed by atoms with E-state index in [4.69, 9.17) is 0 Å². The van der Waals surface area contributed by atoms with E-state index in [1.807, 2.05) is 19.1 Å². The molecule has 4 heteroatoms. The summed E-state index contributed by atoms with van der Waals surface area (Å²) in [4.78, 5) is 5.14. The van der Waals surface area contributed by atoms with E-state index < -0.39 is 6.10 Å². The Morgan fingerprint density at radius 2 is 2.10 bits per heavy atom. The number of piperazine rings is 1. The zero-order valence-corrected chi connectivity index (χ0v) is 13.6. The van der Waals surface area contributed by atoms with Crippen LogP contribution in [-0.2, 0) is 0 Å². The summed E-state index contributed by atoms with van der Waals surface area (Å²) in [6.07, 6.45) is 3.66. The molecule has 1 aromatic carbocycles. The summed E-state index contributed by atoms with van der Waals surface area (Å²) in [5.74, 6) is 0. The van der Waals surface area contributed by atoms with Gasteiger partial charge in [-0.2, -0.15) is 0 Å². The highest BCUT2D eigenvalue weighted by Gasteiger charge is 2.29. The van der Waals surface area contributed by atoms with Gasteiger partial charge in [-0.05, 0) is 59.9 Å². The van der Waals surface area contributed by atoms with Crippen LogP contribution in [0, 0.1) is 0 Å². The number of fused-ring (bicyclic) bond motifs is 1. The fourth-order valence-electron chi connectivity index (χ4n) is 3.41. The Balaban J connectivity index is 1.76. The van der Waals surface area contributed by atoms with Crippen LogP contribution in [0.25, 0.3) is 0 Å². The molecule has 3 nitrogen and oxygen atoms in total. The fourth-order valence-corrected chi connectivity index (χ4v) is 4.06. The van der Waals surface area contributed by atoms with Gasteiger partial charge < -0.3 is 10.0 Å². The highest BCUT2D eigenvalue weighted by atomic mass is 79.9. The minimum Gasteiger partial charge on any atom is -0.389 e. The maximum absolute atomic E-state index is 9.66. The largest absolute Gasteiger partial charge is 0.389 e. The van der Waals surface area contributed by atoms with Crippen LogP contribution < -0.4 is 4.90 Å². The predicted octanol–water partition coefficient (Wildman–Crippen LogP) is 3.18. The van der Waals surface area contributed by atoms with E-state index in [1.54, 1.807) is 0 Å². The lowest BCUT2D eigenvalue weighted by Crippen LogP contribution is -2.55. The third-order valence-electron chi connectivity index (χ3n) is 4.63. The van der Waals surface area contributed by atoms with Crippen LogP contribution in [0.2, 0.25) is 0 Å². The van der Waals surface area contributed by atoms with Crippen LogP contribution in [-0.4, -0.2) is 42.2 Å². The Morgan fingerprint density at radius 3 is 2.85 bits per heavy atom. The Morgan fingerprint density at radius 1 is 1.25 bits per heavy atom. The molecule has 2 heterocycles. The molecule has 1 N–H and O–H groups in total. The maximum Gasteiger partial charge on any atom is 0.0762 e. The lowest BCUT2D eigenvalue weighted by atomic mass is 9.99. The van der Waals surface area contributed by atoms with Crippen LogP contribution in [0.1, 0.15) is 37.9 Å². The number of nitrogens with zero attached hydrogens (tertiary/aromatic N) is 2. The van der Waals surface area contributed by atoms with E-state index in [0.717, 1.165) is 29.2 Å². The second kappa shape index (κ2) is 6.04. The smallest absolute Gasteiger partial charge is 0.0762 e. The normalized spacial score (nSPS) is 25.4. The molecule has 2 saturated heterocycles. The number of anilines is 1. The first-order chi connectivity index (χ1) is 9.65. The second-order valence-electron chi connectivity index (χ2n) is 6.02. The molecule has 1 unspecified atom stereocenters. The number of aliphatic hydroxyl groups excluding tert-OH is 1. The number of hydrogen-bond donors (Lipinski definition) is 1. The van der Waals surface area contributed by atoms with E-state index in [-0.39, 0.29) is 0 Å². The third kappa shape index (κ3) is 2.87. The van der Waals surface area contributed by atoms with Crippen molar-refractivity contribution in [3.05, 3.63) is 28.2 Å². The fraction of sp³-hybridized carbons (Fsp3) is 0.625. The summed E-state index contributed by atoms with van der Waals surface area (Å²) in [7, 11) is 0. The zero-order chi connectivity index (χ0) is 14.1. The van der Waals surface area contributed by atoms with Crippen molar-refractivity contribution in [2.45, 2.75) is 38.3 Å². The van der Waals surface area contributed by atoms with Crippen LogP contribution >= 0.6 is 15.9 Å². The summed E-state index contributed by atoms with van der Waals surface area (Å²) in [5, 5.41) is 9.66. The number of aliphatic hydroxyl groups is 1. The standard InChI is InChI=1S/C16H23BrN2O/c1-12(20)13-5-6-16(15(17)10-13)19-9-8-18-7-3-2-4-14(18)11-19/h5-6,10,12,14,20H,2-4,7-9,11H2,1H3/t12-,14?/m0/s1. The Kier molecular flexibility index (Phi) is 4.34. The summed E-state index contributed by atoms with van der Waals surface area (Å²) in [5.41, 5.74) is 2.23. The molecule has 0 aromatic heterocycles. The average Bonchev–Trinajstić information content (AvgIpc) is 2.46. The lowest BCUT2D eigenvalue weighted by Gasteiger charge is -2.45. The van der Waals surface area contributed by atoms with Gasteiger partial charge in [-0.3, -0.25) is 4.90 Å². The minimum absolute atomic E-state index is 0.407. The van der Waals surface area contributed by atoms with Gasteiger partial charge >= 0.3 is 0 Å². The van der Waals surface area contributed by atoms with Crippen molar-refractivity contribution < 1.29 is 5.11 Å². The molecule has 0 radical (unpaired) electrons. The third-order valence-corrected chi connectivity index (χ3v) is 5.27. The zero-order valence-electron chi connectivity index (χ0n) is 12.1. The van der Waals surface area contributed by atoms with Crippen LogP contribution in [0.4, 0.5) is 5.69 Å². The molecule has 2 aliphatic heterocycles. The highest BCUT2D eigenvalue weighted by Crippen LogP contribution is 2.32. The van der Waals surface area contributed by atoms with Crippen LogP contribution in [0.3, 0.4) is 0 Å². The molecule has 2 atom stereocenters. The molecule has 0 aliphatic carbocycles. The summed E-state index contributed by atoms with van der Waals surface area (Å²) in [6, 6.07) is 6.96. The molecular formula is C16H23BrN2O. The van der Waals surface area contributed by atoms with Crippen molar-refractivity contribution in [3.8, 4) is 0 Å². The van der Waals surface area contributed by atoms with E-state index in [1.165, 1.54) is 38.0 Å². The van der Waals surface area contributed by atoms with Gasteiger partial charge in [0.1, 0.15) is 0 Å². The van der Waals surface area contributed by atoms with Gasteiger partial charge in [0, 0.05) is 30.1 Å². The Bertz CT molecular complexity index is 478.